The summed E-state index contributed by atoms with van der Waals surface area (Å²) in [5.74, 6) is -0.811. The Balaban J connectivity index is 2.36. The van der Waals surface area contributed by atoms with Crippen LogP contribution < -0.4 is 9.62 Å². The van der Waals surface area contributed by atoms with Gasteiger partial charge in [-0.15, -0.1) is 0 Å². The fourth-order valence-electron chi connectivity index (χ4n) is 3.01. The predicted molar refractivity (Wildman–Crippen MR) is 123 cm³/mol. The highest BCUT2D eigenvalue weighted by Crippen LogP contribution is 2.22. The molecule has 1 N–H and O–H groups in total. The summed E-state index contributed by atoms with van der Waals surface area (Å²) < 4.78 is 25.9. The molecule has 0 fully saturated rings. The van der Waals surface area contributed by atoms with Gasteiger partial charge in [0, 0.05) is 17.6 Å². The third-order valence-corrected chi connectivity index (χ3v) is 5.95. The zero-order chi connectivity index (χ0) is 23.2. The second-order valence-electron chi connectivity index (χ2n) is 7.60. The molecule has 0 saturated carbocycles. The number of halogens is 1. The van der Waals surface area contributed by atoms with Crippen molar-refractivity contribution in [2.75, 3.05) is 17.1 Å². The normalized spacial score (nSPS) is 12.3. The molecule has 2 amide bonds. The largest absolute Gasteiger partial charge is 0.352 e. The first-order valence-electron chi connectivity index (χ1n) is 9.86. The SMILES string of the molecule is CC(C)NC(=O)[C@@H](C)N(Cc1ccccc1)C(=O)CN(c1cccc(Cl)c1)S(C)(=O)=O. The van der Waals surface area contributed by atoms with Gasteiger partial charge in [0.15, 0.2) is 0 Å². The number of rotatable bonds is 9. The minimum atomic E-state index is -3.77. The maximum Gasteiger partial charge on any atom is 0.244 e. The maximum absolute atomic E-state index is 13.3. The van der Waals surface area contributed by atoms with Gasteiger partial charge in [-0.1, -0.05) is 48.0 Å². The number of sulfonamides is 1. The molecular weight excluding hydrogens is 438 g/mol. The number of nitrogens with one attached hydrogen (secondary N) is 1. The first-order chi connectivity index (χ1) is 14.5. The highest BCUT2D eigenvalue weighted by Gasteiger charge is 2.30. The average molecular weight is 466 g/mol. The van der Waals surface area contributed by atoms with Crippen molar-refractivity contribution in [3.8, 4) is 0 Å². The number of amides is 2. The lowest BCUT2D eigenvalue weighted by atomic mass is 10.1. The number of anilines is 1. The van der Waals surface area contributed by atoms with E-state index >= 15 is 0 Å². The van der Waals surface area contributed by atoms with Crippen molar-refractivity contribution in [3.63, 3.8) is 0 Å². The summed E-state index contributed by atoms with van der Waals surface area (Å²) in [5.41, 5.74) is 1.11. The molecule has 0 saturated heterocycles. The van der Waals surface area contributed by atoms with E-state index in [-0.39, 0.29) is 24.2 Å². The van der Waals surface area contributed by atoms with Crippen LogP contribution in [0.1, 0.15) is 26.3 Å². The Morgan fingerprint density at radius 1 is 1.03 bits per heavy atom. The third kappa shape index (κ3) is 7.25. The molecule has 2 aromatic rings. The molecule has 0 aliphatic carbocycles. The molecule has 0 bridgehead atoms. The van der Waals surface area contributed by atoms with E-state index in [1.165, 1.54) is 11.0 Å². The minimum Gasteiger partial charge on any atom is -0.352 e. The monoisotopic (exact) mass is 465 g/mol. The molecule has 0 aromatic heterocycles. The number of carbonyl (C=O) groups is 2. The van der Waals surface area contributed by atoms with E-state index < -0.39 is 28.5 Å². The Bertz CT molecular complexity index is 1010. The smallest absolute Gasteiger partial charge is 0.244 e. The fourth-order valence-corrected chi connectivity index (χ4v) is 4.04. The summed E-state index contributed by atoms with van der Waals surface area (Å²) in [6.45, 7) is 5.00. The number of hydrogen-bond acceptors (Lipinski definition) is 4. The Morgan fingerprint density at radius 2 is 1.68 bits per heavy atom. The minimum absolute atomic E-state index is 0.0948. The summed E-state index contributed by atoms with van der Waals surface area (Å²) >= 11 is 6.02. The predicted octanol–water partition coefficient (Wildman–Crippen LogP) is 3.05. The van der Waals surface area contributed by atoms with E-state index in [1.54, 1.807) is 25.1 Å². The van der Waals surface area contributed by atoms with E-state index in [9.17, 15) is 18.0 Å². The molecule has 0 unspecified atom stereocenters. The van der Waals surface area contributed by atoms with Crippen LogP contribution in [-0.4, -0.2) is 50.0 Å². The van der Waals surface area contributed by atoms with Gasteiger partial charge in [-0.2, -0.15) is 0 Å². The highest BCUT2D eigenvalue weighted by molar-refractivity contribution is 7.92. The van der Waals surface area contributed by atoms with Crippen molar-refractivity contribution in [3.05, 3.63) is 65.2 Å². The molecule has 2 rings (SSSR count). The Labute approximate surface area is 189 Å². The van der Waals surface area contributed by atoms with Crippen LogP contribution in [0.5, 0.6) is 0 Å². The zero-order valence-corrected chi connectivity index (χ0v) is 19.7. The molecule has 168 valence electrons. The van der Waals surface area contributed by atoms with Crippen molar-refractivity contribution in [1.82, 2.24) is 10.2 Å². The molecule has 9 heteroatoms. The molecule has 0 aliphatic rings. The van der Waals surface area contributed by atoms with Crippen LogP contribution in [0.4, 0.5) is 5.69 Å². The Morgan fingerprint density at radius 3 is 2.23 bits per heavy atom. The lowest BCUT2D eigenvalue weighted by Gasteiger charge is -2.31. The van der Waals surface area contributed by atoms with Crippen LogP contribution in [0, 0.1) is 0 Å². The average Bonchev–Trinajstić information content (AvgIpc) is 2.69. The maximum atomic E-state index is 13.3. The number of carbonyl (C=O) groups excluding carboxylic acids is 2. The van der Waals surface area contributed by atoms with Crippen LogP contribution in [0.2, 0.25) is 5.02 Å². The van der Waals surface area contributed by atoms with Gasteiger partial charge < -0.3 is 10.2 Å². The number of hydrogen-bond donors (Lipinski definition) is 1. The fraction of sp³-hybridized carbons (Fsp3) is 0.364. The molecule has 0 aliphatic heterocycles. The molecule has 7 nitrogen and oxygen atoms in total. The second-order valence-corrected chi connectivity index (χ2v) is 9.94. The summed E-state index contributed by atoms with van der Waals surface area (Å²) in [6, 6.07) is 14.6. The Kier molecular flexibility index (Phi) is 8.47. The van der Waals surface area contributed by atoms with E-state index in [2.05, 4.69) is 5.32 Å². The highest BCUT2D eigenvalue weighted by atomic mass is 35.5. The molecule has 1 atom stereocenters. The summed E-state index contributed by atoms with van der Waals surface area (Å²) in [5, 5.41) is 3.16. The van der Waals surface area contributed by atoms with Gasteiger partial charge >= 0.3 is 0 Å². The molecule has 2 aromatic carbocycles. The zero-order valence-electron chi connectivity index (χ0n) is 18.1. The van der Waals surface area contributed by atoms with Crippen molar-refractivity contribution in [1.29, 1.82) is 0 Å². The topological polar surface area (TPSA) is 86.8 Å². The van der Waals surface area contributed by atoms with Crippen LogP contribution >= 0.6 is 11.6 Å². The van der Waals surface area contributed by atoms with Gasteiger partial charge in [0.2, 0.25) is 21.8 Å². The van der Waals surface area contributed by atoms with E-state index in [0.717, 1.165) is 16.1 Å². The van der Waals surface area contributed by atoms with Gasteiger partial charge in [-0.25, -0.2) is 8.42 Å². The first kappa shape index (κ1) is 24.7. The van der Waals surface area contributed by atoms with E-state index in [4.69, 9.17) is 11.6 Å². The quantitative estimate of drug-likeness (QED) is 0.616. The van der Waals surface area contributed by atoms with Crippen LogP contribution in [0.3, 0.4) is 0 Å². The van der Waals surface area contributed by atoms with Gasteiger partial charge in [-0.3, -0.25) is 13.9 Å². The van der Waals surface area contributed by atoms with Crippen molar-refractivity contribution >= 4 is 39.1 Å². The molecule has 0 spiro atoms. The second kappa shape index (κ2) is 10.6. The molecule has 0 radical (unpaired) electrons. The van der Waals surface area contributed by atoms with Crippen molar-refractivity contribution in [2.24, 2.45) is 0 Å². The first-order valence-corrected chi connectivity index (χ1v) is 12.1. The molecule has 0 heterocycles. The Hall–Kier alpha value is -2.58. The molecular formula is C22H28ClN3O4S. The third-order valence-electron chi connectivity index (χ3n) is 4.57. The van der Waals surface area contributed by atoms with E-state index in [1.807, 2.05) is 44.2 Å². The van der Waals surface area contributed by atoms with Crippen molar-refractivity contribution < 1.29 is 18.0 Å². The van der Waals surface area contributed by atoms with Crippen LogP contribution in [0.25, 0.3) is 0 Å². The van der Waals surface area contributed by atoms with Gasteiger partial charge in [0.05, 0.1) is 11.9 Å². The van der Waals surface area contributed by atoms with E-state index in [0.29, 0.717) is 5.02 Å². The van der Waals surface area contributed by atoms with Gasteiger partial charge in [0.1, 0.15) is 12.6 Å². The lowest BCUT2D eigenvalue weighted by molar-refractivity contribution is -0.139. The summed E-state index contributed by atoms with van der Waals surface area (Å²) in [7, 11) is -3.77. The standard InChI is InChI=1S/C22H28ClN3O4S/c1-16(2)24-22(28)17(3)25(14-18-9-6-5-7-10-18)21(27)15-26(31(4,29)30)20-12-8-11-19(23)13-20/h5-13,16-17H,14-15H2,1-4H3,(H,24,28)/t17-/m1/s1. The van der Waals surface area contributed by atoms with Gasteiger partial charge in [-0.05, 0) is 44.5 Å². The summed E-state index contributed by atoms with van der Waals surface area (Å²) in [4.78, 5) is 27.3. The molecule has 31 heavy (non-hydrogen) atoms. The van der Waals surface area contributed by atoms with Crippen LogP contribution in [0.15, 0.2) is 54.6 Å². The van der Waals surface area contributed by atoms with Crippen molar-refractivity contribution in [2.45, 2.75) is 39.4 Å². The lowest BCUT2D eigenvalue weighted by Crippen LogP contribution is -2.52. The van der Waals surface area contributed by atoms with Gasteiger partial charge in [0.25, 0.3) is 0 Å². The van der Waals surface area contributed by atoms with Crippen LogP contribution in [-0.2, 0) is 26.2 Å². The number of nitrogens with zero attached hydrogens (tertiary/aromatic N) is 2. The summed E-state index contributed by atoms with van der Waals surface area (Å²) in [6.07, 6.45) is 1.03. The number of benzene rings is 2.